The molecule has 1 aromatic heterocycles. The SMILES string of the molecule is Cc1c(N2C(=N)SC(=Cc3ccc(O)cc3)C2=O)c(=O)n(-c2ccccc2)n1C. The van der Waals surface area contributed by atoms with Gasteiger partial charge in [-0.15, -0.1) is 0 Å². The number of amidine groups is 1. The van der Waals surface area contributed by atoms with Crippen molar-refractivity contribution < 1.29 is 9.90 Å². The molecule has 1 fully saturated rings. The summed E-state index contributed by atoms with van der Waals surface area (Å²) in [6, 6.07) is 15.6. The summed E-state index contributed by atoms with van der Waals surface area (Å²) in [6.07, 6.45) is 1.65. The van der Waals surface area contributed by atoms with Crippen molar-refractivity contribution in [3.05, 3.63) is 81.1 Å². The number of benzene rings is 2. The number of nitrogens with zero attached hydrogens (tertiary/aromatic N) is 3. The summed E-state index contributed by atoms with van der Waals surface area (Å²) in [5.74, 6) is -0.285. The van der Waals surface area contributed by atoms with Gasteiger partial charge in [-0.05, 0) is 54.6 Å². The number of thioether (sulfide) groups is 1. The molecule has 0 radical (unpaired) electrons. The number of phenolic OH excluding ortho intramolecular Hbond substituents is 1. The molecule has 3 aromatic rings. The fourth-order valence-corrected chi connectivity index (χ4v) is 4.07. The molecule has 0 bridgehead atoms. The van der Waals surface area contributed by atoms with Gasteiger partial charge in [0.25, 0.3) is 11.5 Å². The standard InChI is InChI=1S/C21H18N4O3S/c1-13-18(20(28)25(23(13)2)15-6-4-3-5-7-15)24-19(27)17(29-21(24)22)12-14-8-10-16(26)11-9-14/h3-12,22,26H,1-2H3. The van der Waals surface area contributed by atoms with E-state index in [9.17, 15) is 14.7 Å². The number of aromatic hydroxyl groups is 1. The van der Waals surface area contributed by atoms with Crippen LogP contribution >= 0.6 is 11.8 Å². The minimum absolute atomic E-state index is 0.0222. The van der Waals surface area contributed by atoms with Crippen molar-refractivity contribution in [2.75, 3.05) is 4.90 Å². The van der Waals surface area contributed by atoms with Crippen LogP contribution in [-0.4, -0.2) is 25.5 Å². The van der Waals surface area contributed by atoms with Gasteiger partial charge in [0.2, 0.25) is 0 Å². The maximum absolute atomic E-state index is 13.2. The van der Waals surface area contributed by atoms with Crippen LogP contribution in [0, 0.1) is 12.3 Å². The Bertz CT molecular complexity index is 1210. The van der Waals surface area contributed by atoms with E-state index in [1.54, 1.807) is 36.9 Å². The van der Waals surface area contributed by atoms with Gasteiger partial charge < -0.3 is 5.11 Å². The fraction of sp³-hybridized carbons (Fsp3) is 0.0952. The Hall–Kier alpha value is -3.52. The van der Waals surface area contributed by atoms with E-state index in [1.165, 1.54) is 16.8 Å². The highest BCUT2D eigenvalue weighted by Gasteiger charge is 2.37. The van der Waals surface area contributed by atoms with E-state index in [1.807, 2.05) is 30.3 Å². The van der Waals surface area contributed by atoms with Crippen molar-refractivity contribution in [1.29, 1.82) is 5.41 Å². The first kappa shape index (κ1) is 18.8. The van der Waals surface area contributed by atoms with Gasteiger partial charge in [-0.3, -0.25) is 19.7 Å². The molecule has 1 aliphatic heterocycles. The highest BCUT2D eigenvalue weighted by Crippen LogP contribution is 2.35. The average molecular weight is 406 g/mol. The van der Waals surface area contributed by atoms with E-state index in [2.05, 4.69) is 0 Å². The molecule has 2 aromatic carbocycles. The molecule has 0 spiro atoms. The van der Waals surface area contributed by atoms with Crippen molar-refractivity contribution in [2.24, 2.45) is 7.05 Å². The summed E-state index contributed by atoms with van der Waals surface area (Å²) in [7, 11) is 1.75. The molecule has 0 unspecified atom stereocenters. The Morgan fingerprint density at radius 1 is 1.03 bits per heavy atom. The first-order valence-electron chi connectivity index (χ1n) is 8.84. The highest BCUT2D eigenvalue weighted by molar-refractivity contribution is 8.19. The number of nitrogens with one attached hydrogen (secondary N) is 1. The predicted octanol–water partition coefficient (Wildman–Crippen LogP) is 3.25. The quantitative estimate of drug-likeness (QED) is 0.653. The molecule has 7 nitrogen and oxygen atoms in total. The molecule has 1 amide bonds. The topological polar surface area (TPSA) is 91.3 Å². The number of amides is 1. The lowest BCUT2D eigenvalue weighted by atomic mass is 10.2. The van der Waals surface area contributed by atoms with Gasteiger partial charge in [0.15, 0.2) is 5.17 Å². The molecule has 8 heteroatoms. The van der Waals surface area contributed by atoms with E-state index in [0.29, 0.717) is 16.3 Å². The first-order valence-corrected chi connectivity index (χ1v) is 9.65. The molecular formula is C21H18N4O3S. The molecule has 0 atom stereocenters. The number of para-hydroxylation sites is 1. The van der Waals surface area contributed by atoms with Crippen LogP contribution in [0.3, 0.4) is 0 Å². The largest absolute Gasteiger partial charge is 0.508 e. The van der Waals surface area contributed by atoms with Gasteiger partial charge in [0.05, 0.1) is 16.3 Å². The van der Waals surface area contributed by atoms with Gasteiger partial charge in [0, 0.05) is 7.05 Å². The smallest absolute Gasteiger partial charge is 0.296 e. The van der Waals surface area contributed by atoms with Gasteiger partial charge in [-0.2, -0.15) is 0 Å². The lowest BCUT2D eigenvalue weighted by Gasteiger charge is -2.12. The van der Waals surface area contributed by atoms with Crippen LogP contribution in [0.25, 0.3) is 11.8 Å². The summed E-state index contributed by atoms with van der Waals surface area (Å²) < 4.78 is 3.16. The molecule has 1 aliphatic rings. The van der Waals surface area contributed by atoms with E-state index in [4.69, 9.17) is 5.41 Å². The number of hydrogen-bond acceptors (Lipinski definition) is 5. The summed E-state index contributed by atoms with van der Waals surface area (Å²) in [5, 5.41) is 17.7. The zero-order chi connectivity index (χ0) is 20.7. The Morgan fingerprint density at radius 2 is 1.69 bits per heavy atom. The first-order chi connectivity index (χ1) is 13.9. The Labute approximate surface area is 171 Å². The van der Waals surface area contributed by atoms with E-state index in [-0.39, 0.29) is 22.2 Å². The number of carbonyl (C=O) groups is 1. The second-order valence-corrected chi connectivity index (χ2v) is 7.59. The van der Waals surface area contributed by atoms with Crippen molar-refractivity contribution in [1.82, 2.24) is 9.36 Å². The lowest BCUT2D eigenvalue weighted by molar-refractivity contribution is -0.113. The van der Waals surface area contributed by atoms with Crippen LogP contribution in [0.5, 0.6) is 5.75 Å². The maximum atomic E-state index is 13.2. The van der Waals surface area contributed by atoms with Crippen molar-refractivity contribution in [3.8, 4) is 11.4 Å². The number of carbonyl (C=O) groups excluding carboxylic acids is 1. The second-order valence-electron chi connectivity index (χ2n) is 6.56. The number of anilines is 1. The Balaban J connectivity index is 1.78. The molecule has 0 aliphatic carbocycles. The fourth-order valence-electron chi connectivity index (χ4n) is 3.22. The van der Waals surface area contributed by atoms with Crippen molar-refractivity contribution in [3.63, 3.8) is 0 Å². The average Bonchev–Trinajstić information content (AvgIpc) is 3.10. The normalized spacial score (nSPS) is 15.5. The molecule has 2 heterocycles. The van der Waals surface area contributed by atoms with Crippen molar-refractivity contribution >= 4 is 34.6 Å². The Kier molecular flexibility index (Phi) is 4.63. The minimum atomic E-state index is -0.418. The van der Waals surface area contributed by atoms with Gasteiger partial charge >= 0.3 is 0 Å². The predicted molar refractivity (Wildman–Crippen MR) is 115 cm³/mol. The van der Waals surface area contributed by atoms with Crippen LogP contribution in [0.4, 0.5) is 5.69 Å². The van der Waals surface area contributed by atoms with E-state index < -0.39 is 5.91 Å². The molecule has 4 rings (SSSR count). The van der Waals surface area contributed by atoms with Crippen LogP contribution < -0.4 is 10.5 Å². The zero-order valence-corrected chi connectivity index (χ0v) is 16.6. The van der Waals surface area contributed by atoms with E-state index in [0.717, 1.165) is 22.2 Å². The summed E-state index contributed by atoms with van der Waals surface area (Å²) in [5.41, 5.74) is 1.80. The summed E-state index contributed by atoms with van der Waals surface area (Å²) in [4.78, 5) is 27.7. The van der Waals surface area contributed by atoms with Crippen molar-refractivity contribution in [2.45, 2.75) is 6.92 Å². The number of phenols is 1. The third-order valence-corrected chi connectivity index (χ3v) is 5.65. The number of hydrogen-bond donors (Lipinski definition) is 2. The molecule has 2 N–H and O–H groups in total. The summed E-state index contributed by atoms with van der Waals surface area (Å²) in [6.45, 7) is 1.75. The molecule has 1 saturated heterocycles. The van der Waals surface area contributed by atoms with E-state index >= 15 is 0 Å². The molecular weight excluding hydrogens is 388 g/mol. The lowest BCUT2D eigenvalue weighted by Crippen LogP contribution is -2.33. The van der Waals surface area contributed by atoms with Gasteiger partial charge in [-0.1, -0.05) is 30.3 Å². The maximum Gasteiger partial charge on any atom is 0.296 e. The van der Waals surface area contributed by atoms with Crippen LogP contribution in [-0.2, 0) is 11.8 Å². The molecule has 29 heavy (non-hydrogen) atoms. The third-order valence-electron chi connectivity index (χ3n) is 4.76. The van der Waals surface area contributed by atoms with Crippen LogP contribution in [0.2, 0.25) is 0 Å². The summed E-state index contributed by atoms with van der Waals surface area (Å²) >= 11 is 1.00. The molecule has 0 saturated carbocycles. The van der Waals surface area contributed by atoms with Gasteiger partial charge in [-0.25, -0.2) is 9.58 Å². The monoisotopic (exact) mass is 406 g/mol. The van der Waals surface area contributed by atoms with Crippen LogP contribution in [0.1, 0.15) is 11.3 Å². The third kappa shape index (κ3) is 3.17. The number of rotatable bonds is 3. The molecule has 146 valence electrons. The number of aromatic nitrogens is 2. The van der Waals surface area contributed by atoms with Crippen LogP contribution in [0.15, 0.2) is 64.3 Å². The highest BCUT2D eigenvalue weighted by atomic mass is 32.2. The Morgan fingerprint density at radius 3 is 2.34 bits per heavy atom. The zero-order valence-electron chi connectivity index (χ0n) is 15.8. The second kappa shape index (κ2) is 7.14. The minimum Gasteiger partial charge on any atom is -0.508 e. The van der Waals surface area contributed by atoms with Gasteiger partial charge in [0.1, 0.15) is 11.4 Å².